The first kappa shape index (κ1) is 15.4. The van der Waals surface area contributed by atoms with E-state index in [2.05, 4.69) is 5.32 Å². The second kappa shape index (κ2) is 5.10. The first-order chi connectivity index (χ1) is 9.63. The van der Waals surface area contributed by atoms with Gasteiger partial charge in [-0.15, -0.1) is 0 Å². The van der Waals surface area contributed by atoms with E-state index in [0.717, 1.165) is 6.26 Å². The minimum absolute atomic E-state index is 0.275. The zero-order valence-electron chi connectivity index (χ0n) is 12.1. The highest BCUT2D eigenvalue weighted by atomic mass is 32.2. The van der Waals surface area contributed by atoms with Gasteiger partial charge in [-0.05, 0) is 13.8 Å². The summed E-state index contributed by atoms with van der Waals surface area (Å²) in [7, 11) is -3.56. The Morgan fingerprint density at radius 3 is 2.29 bits per heavy atom. The number of amides is 1. The van der Waals surface area contributed by atoms with Crippen molar-refractivity contribution < 1.29 is 22.7 Å². The van der Waals surface area contributed by atoms with E-state index in [1.807, 2.05) is 0 Å². The van der Waals surface area contributed by atoms with Crippen LogP contribution in [0.1, 0.15) is 13.8 Å². The molecule has 0 spiro atoms. The number of carbonyl (C=O) groups excluding carboxylic acids is 1. The largest absolute Gasteiger partial charge is 0.486 e. The smallest absolute Gasteiger partial charge is 0.245 e. The highest BCUT2D eigenvalue weighted by Gasteiger charge is 2.38. The fourth-order valence-corrected chi connectivity index (χ4v) is 2.04. The van der Waals surface area contributed by atoms with Crippen LogP contribution in [0.4, 0.5) is 11.4 Å². The normalized spacial score (nSPS) is 14.6. The number of benzene rings is 1. The van der Waals surface area contributed by atoms with Crippen LogP contribution in [-0.2, 0) is 14.6 Å². The van der Waals surface area contributed by atoms with E-state index >= 15 is 0 Å². The number of anilines is 2. The van der Waals surface area contributed by atoms with Crippen LogP contribution in [0.2, 0.25) is 0 Å². The average molecular weight is 314 g/mol. The molecular formula is C13H18N2O5S. The Kier molecular flexibility index (Phi) is 3.75. The fraction of sp³-hybridized carbons (Fsp3) is 0.462. The quantitative estimate of drug-likeness (QED) is 0.799. The first-order valence-corrected chi connectivity index (χ1v) is 8.22. The van der Waals surface area contributed by atoms with Crippen molar-refractivity contribution in [3.8, 4) is 11.5 Å². The third-order valence-electron chi connectivity index (χ3n) is 3.44. The molecule has 0 saturated carbocycles. The van der Waals surface area contributed by atoms with Crippen LogP contribution in [0.15, 0.2) is 12.1 Å². The topological polar surface area (TPSA) is 108 Å². The molecule has 0 saturated heterocycles. The highest BCUT2D eigenvalue weighted by molar-refractivity contribution is 7.92. The van der Waals surface area contributed by atoms with Gasteiger partial charge in [0.05, 0.1) is 11.4 Å². The van der Waals surface area contributed by atoms with Crippen molar-refractivity contribution in [2.45, 2.75) is 18.6 Å². The van der Waals surface area contributed by atoms with E-state index in [1.165, 1.54) is 26.0 Å². The van der Waals surface area contributed by atoms with E-state index < -0.39 is 20.5 Å². The standard InChI is InChI=1S/C13H18N2O5S/c1-13(2,21(3,17)18)12(16)15-9-7-11-10(6-8(9)14)19-4-5-20-11/h6-7H,4-5,14H2,1-3H3,(H,15,16). The maximum atomic E-state index is 12.2. The van der Waals surface area contributed by atoms with Crippen LogP contribution >= 0.6 is 0 Å². The molecule has 1 aromatic rings. The molecule has 1 amide bonds. The Labute approximate surface area is 123 Å². The number of sulfone groups is 1. The van der Waals surface area contributed by atoms with Crippen LogP contribution < -0.4 is 20.5 Å². The molecule has 0 radical (unpaired) electrons. The van der Waals surface area contributed by atoms with Crippen LogP contribution in [0.25, 0.3) is 0 Å². The van der Waals surface area contributed by atoms with Gasteiger partial charge in [0.25, 0.3) is 0 Å². The molecule has 2 rings (SSSR count). The Balaban J connectivity index is 2.30. The predicted octanol–water partition coefficient (Wildman–Crippen LogP) is 0.802. The molecule has 0 fully saturated rings. The second-order valence-electron chi connectivity index (χ2n) is 5.32. The van der Waals surface area contributed by atoms with Gasteiger partial charge >= 0.3 is 0 Å². The second-order valence-corrected chi connectivity index (χ2v) is 7.88. The van der Waals surface area contributed by atoms with Crippen molar-refractivity contribution in [2.24, 2.45) is 0 Å². The van der Waals surface area contributed by atoms with Gasteiger partial charge in [-0.25, -0.2) is 8.42 Å². The first-order valence-electron chi connectivity index (χ1n) is 6.33. The van der Waals surface area contributed by atoms with Crippen LogP contribution in [0.5, 0.6) is 11.5 Å². The zero-order chi connectivity index (χ0) is 15.8. The van der Waals surface area contributed by atoms with Gasteiger partial charge in [0, 0.05) is 18.4 Å². The summed E-state index contributed by atoms with van der Waals surface area (Å²) < 4.78 is 32.5. The maximum Gasteiger partial charge on any atom is 0.245 e. The molecule has 0 unspecified atom stereocenters. The summed E-state index contributed by atoms with van der Waals surface area (Å²) in [6.07, 6.45) is 1.01. The minimum Gasteiger partial charge on any atom is -0.486 e. The third-order valence-corrected chi connectivity index (χ3v) is 5.48. The molecule has 116 valence electrons. The molecule has 3 N–H and O–H groups in total. The van der Waals surface area contributed by atoms with E-state index in [1.54, 1.807) is 0 Å². The predicted molar refractivity (Wildman–Crippen MR) is 79.4 cm³/mol. The van der Waals surface area contributed by atoms with E-state index in [0.29, 0.717) is 30.4 Å². The minimum atomic E-state index is -3.56. The van der Waals surface area contributed by atoms with Crippen LogP contribution in [0.3, 0.4) is 0 Å². The van der Waals surface area contributed by atoms with Crippen LogP contribution in [-0.4, -0.2) is 38.5 Å². The van der Waals surface area contributed by atoms with Crippen molar-refractivity contribution in [1.82, 2.24) is 0 Å². The van der Waals surface area contributed by atoms with Crippen molar-refractivity contribution in [1.29, 1.82) is 0 Å². The summed E-state index contributed by atoms with van der Waals surface area (Å²) in [5.74, 6) is 0.301. The number of ether oxygens (including phenoxy) is 2. The number of hydrogen-bond donors (Lipinski definition) is 2. The number of nitrogens with two attached hydrogens (primary N) is 1. The van der Waals surface area contributed by atoms with Crippen LogP contribution in [0, 0.1) is 0 Å². The van der Waals surface area contributed by atoms with Gasteiger partial charge in [0.2, 0.25) is 5.91 Å². The van der Waals surface area contributed by atoms with Gasteiger partial charge in [-0.1, -0.05) is 0 Å². The molecule has 1 aromatic carbocycles. The third kappa shape index (κ3) is 2.90. The molecule has 0 atom stereocenters. The lowest BCUT2D eigenvalue weighted by atomic mass is 10.1. The SMILES string of the molecule is CC(C)(C(=O)Nc1cc2c(cc1N)OCCO2)S(C)(=O)=O. The molecule has 1 aliphatic rings. The number of fused-ring (bicyclic) bond motifs is 1. The van der Waals surface area contributed by atoms with Crippen molar-refractivity contribution in [3.05, 3.63) is 12.1 Å². The van der Waals surface area contributed by atoms with Gasteiger partial charge < -0.3 is 20.5 Å². The van der Waals surface area contributed by atoms with Gasteiger partial charge in [-0.2, -0.15) is 0 Å². The molecule has 1 aliphatic heterocycles. The van der Waals surface area contributed by atoms with E-state index in [9.17, 15) is 13.2 Å². The summed E-state index contributed by atoms with van der Waals surface area (Å²) in [6, 6.07) is 3.07. The fourth-order valence-electron chi connectivity index (χ4n) is 1.65. The molecule has 21 heavy (non-hydrogen) atoms. The Hall–Kier alpha value is -1.96. The Morgan fingerprint density at radius 1 is 1.24 bits per heavy atom. The van der Waals surface area contributed by atoms with E-state index in [4.69, 9.17) is 15.2 Å². The zero-order valence-corrected chi connectivity index (χ0v) is 12.9. The van der Waals surface area contributed by atoms with Crippen molar-refractivity contribution in [2.75, 3.05) is 30.5 Å². The molecule has 0 bridgehead atoms. The lowest BCUT2D eigenvalue weighted by molar-refractivity contribution is -0.117. The highest BCUT2D eigenvalue weighted by Crippen LogP contribution is 2.37. The number of hydrogen-bond acceptors (Lipinski definition) is 6. The molecule has 8 heteroatoms. The van der Waals surface area contributed by atoms with Gasteiger partial charge in [0.1, 0.15) is 18.0 Å². The monoisotopic (exact) mass is 314 g/mol. The average Bonchev–Trinajstić information content (AvgIpc) is 2.38. The summed E-state index contributed by atoms with van der Waals surface area (Å²) in [4.78, 5) is 12.2. The maximum absolute atomic E-state index is 12.2. The summed E-state index contributed by atoms with van der Waals surface area (Å²) in [5.41, 5.74) is 6.41. The summed E-state index contributed by atoms with van der Waals surface area (Å²) in [5, 5.41) is 2.53. The lowest BCUT2D eigenvalue weighted by Gasteiger charge is -2.24. The molecular weight excluding hydrogens is 296 g/mol. The lowest BCUT2D eigenvalue weighted by Crippen LogP contribution is -2.44. The summed E-state index contributed by atoms with van der Waals surface area (Å²) >= 11 is 0. The number of nitrogen functional groups attached to an aromatic ring is 1. The molecule has 1 heterocycles. The Bertz CT molecular complexity index is 682. The number of nitrogens with one attached hydrogen (secondary N) is 1. The molecule has 0 aliphatic carbocycles. The number of rotatable bonds is 3. The summed E-state index contributed by atoms with van der Waals surface area (Å²) in [6.45, 7) is 3.51. The van der Waals surface area contributed by atoms with Gasteiger partial charge in [0.15, 0.2) is 21.3 Å². The van der Waals surface area contributed by atoms with Crippen molar-refractivity contribution in [3.63, 3.8) is 0 Å². The molecule has 0 aromatic heterocycles. The molecule has 7 nitrogen and oxygen atoms in total. The Morgan fingerprint density at radius 2 is 1.76 bits per heavy atom. The van der Waals surface area contributed by atoms with Crippen molar-refractivity contribution >= 4 is 27.1 Å². The number of carbonyl (C=O) groups is 1. The van der Waals surface area contributed by atoms with E-state index in [-0.39, 0.29) is 5.69 Å². The van der Waals surface area contributed by atoms with Gasteiger partial charge in [-0.3, -0.25) is 4.79 Å².